The van der Waals surface area contributed by atoms with Crippen LogP contribution in [0.25, 0.3) is 0 Å². The first-order valence-electron chi connectivity index (χ1n) is 5.49. The van der Waals surface area contributed by atoms with Crippen molar-refractivity contribution in [3.63, 3.8) is 0 Å². The highest BCUT2D eigenvalue weighted by atomic mass is 16.6. The van der Waals surface area contributed by atoms with Crippen LogP contribution in [0.5, 0.6) is 17.2 Å². The second kappa shape index (κ2) is 5.99. The van der Waals surface area contributed by atoms with Crippen molar-refractivity contribution in [2.45, 2.75) is 27.7 Å². The van der Waals surface area contributed by atoms with Gasteiger partial charge < -0.3 is 14.2 Å². The number of hydrogen-bond donors (Lipinski definition) is 0. The van der Waals surface area contributed by atoms with Crippen molar-refractivity contribution >= 4 is 17.9 Å². The van der Waals surface area contributed by atoms with Crippen molar-refractivity contribution in [2.75, 3.05) is 0 Å². The Labute approximate surface area is 110 Å². The lowest BCUT2D eigenvalue weighted by molar-refractivity contribution is -0.134. The SMILES string of the molecule is CC(=O)Oc1cc(C)c(OC(C)=O)c(OC(C)=O)c1. The van der Waals surface area contributed by atoms with E-state index in [4.69, 9.17) is 14.2 Å². The van der Waals surface area contributed by atoms with Gasteiger partial charge in [-0.1, -0.05) is 0 Å². The van der Waals surface area contributed by atoms with Gasteiger partial charge in [-0.15, -0.1) is 0 Å². The minimum absolute atomic E-state index is 0.0268. The highest BCUT2D eigenvalue weighted by Gasteiger charge is 2.16. The fourth-order valence-electron chi connectivity index (χ4n) is 1.44. The average Bonchev–Trinajstić information content (AvgIpc) is 2.21. The van der Waals surface area contributed by atoms with Gasteiger partial charge in [-0.05, 0) is 18.6 Å². The van der Waals surface area contributed by atoms with E-state index < -0.39 is 17.9 Å². The Morgan fingerprint density at radius 1 is 0.842 bits per heavy atom. The number of rotatable bonds is 3. The van der Waals surface area contributed by atoms with Gasteiger partial charge in [0, 0.05) is 26.8 Å². The summed E-state index contributed by atoms with van der Waals surface area (Å²) in [7, 11) is 0. The molecule has 0 fully saturated rings. The number of carbonyl (C=O) groups excluding carboxylic acids is 3. The molecule has 0 saturated heterocycles. The number of esters is 3. The minimum Gasteiger partial charge on any atom is -0.427 e. The molecule has 0 saturated carbocycles. The van der Waals surface area contributed by atoms with Crippen molar-refractivity contribution in [1.29, 1.82) is 0 Å². The van der Waals surface area contributed by atoms with E-state index in [2.05, 4.69) is 0 Å². The first-order valence-corrected chi connectivity index (χ1v) is 5.49. The second-order valence-corrected chi connectivity index (χ2v) is 3.85. The number of hydrogen-bond acceptors (Lipinski definition) is 6. The standard InChI is InChI=1S/C13H14O6/c1-7-5-11(17-8(2)14)6-12(18-9(3)15)13(7)19-10(4)16/h5-6H,1-4H3. The molecule has 0 heterocycles. The van der Waals surface area contributed by atoms with Crippen molar-refractivity contribution in [2.24, 2.45) is 0 Å². The molecule has 0 unspecified atom stereocenters. The van der Waals surface area contributed by atoms with Crippen molar-refractivity contribution in [1.82, 2.24) is 0 Å². The Morgan fingerprint density at radius 2 is 1.37 bits per heavy atom. The second-order valence-electron chi connectivity index (χ2n) is 3.85. The first-order chi connectivity index (χ1) is 8.79. The van der Waals surface area contributed by atoms with Gasteiger partial charge in [0.25, 0.3) is 0 Å². The van der Waals surface area contributed by atoms with E-state index in [1.165, 1.54) is 32.9 Å². The molecule has 0 bridgehead atoms. The van der Waals surface area contributed by atoms with Crippen LogP contribution in [0.1, 0.15) is 26.3 Å². The van der Waals surface area contributed by atoms with Crippen LogP contribution < -0.4 is 14.2 Å². The molecular formula is C13H14O6. The molecule has 6 nitrogen and oxygen atoms in total. The van der Waals surface area contributed by atoms with E-state index in [-0.39, 0.29) is 17.2 Å². The third-order valence-electron chi connectivity index (χ3n) is 1.98. The van der Waals surface area contributed by atoms with Gasteiger partial charge in [-0.2, -0.15) is 0 Å². The predicted molar refractivity (Wildman–Crippen MR) is 65.1 cm³/mol. The zero-order chi connectivity index (χ0) is 14.6. The monoisotopic (exact) mass is 266 g/mol. The van der Waals surface area contributed by atoms with Crippen LogP contribution in [0, 0.1) is 6.92 Å². The van der Waals surface area contributed by atoms with Gasteiger partial charge in [0.1, 0.15) is 5.75 Å². The Kier molecular flexibility index (Phi) is 4.63. The molecule has 19 heavy (non-hydrogen) atoms. The zero-order valence-electron chi connectivity index (χ0n) is 11.1. The number of ether oxygens (including phenoxy) is 3. The molecule has 1 rings (SSSR count). The highest BCUT2D eigenvalue weighted by molar-refractivity contribution is 5.76. The van der Waals surface area contributed by atoms with Crippen molar-refractivity contribution < 1.29 is 28.6 Å². The topological polar surface area (TPSA) is 78.9 Å². The van der Waals surface area contributed by atoms with Gasteiger partial charge in [0.15, 0.2) is 11.5 Å². The largest absolute Gasteiger partial charge is 0.427 e. The molecule has 102 valence electrons. The fourth-order valence-corrected chi connectivity index (χ4v) is 1.44. The minimum atomic E-state index is -0.576. The molecule has 0 aliphatic heterocycles. The van der Waals surface area contributed by atoms with Gasteiger partial charge >= 0.3 is 17.9 Å². The molecular weight excluding hydrogens is 252 g/mol. The molecule has 1 aromatic carbocycles. The normalized spacial score (nSPS) is 9.68. The molecule has 6 heteroatoms. The lowest BCUT2D eigenvalue weighted by atomic mass is 10.2. The summed E-state index contributed by atoms with van der Waals surface area (Å²) < 4.78 is 14.8. The van der Waals surface area contributed by atoms with Crippen LogP contribution in [0.3, 0.4) is 0 Å². The van der Waals surface area contributed by atoms with Crippen molar-refractivity contribution in [3.8, 4) is 17.2 Å². The number of carbonyl (C=O) groups is 3. The van der Waals surface area contributed by atoms with Gasteiger partial charge in [0.05, 0.1) is 0 Å². The van der Waals surface area contributed by atoms with Gasteiger partial charge in [-0.25, -0.2) is 0 Å². The Hall–Kier alpha value is -2.37. The van der Waals surface area contributed by atoms with Crippen LogP contribution in [0.4, 0.5) is 0 Å². The smallest absolute Gasteiger partial charge is 0.308 e. The zero-order valence-corrected chi connectivity index (χ0v) is 11.1. The fraction of sp³-hybridized carbons (Fsp3) is 0.308. The lowest BCUT2D eigenvalue weighted by Crippen LogP contribution is -2.09. The molecule has 0 aliphatic carbocycles. The van der Waals surface area contributed by atoms with Crippen LogP contribution in [-0.2, 0) is 14.4 Å². The molecule has 0 amide bonds. The molecule has 0 N–H and O–H groups in total. The molecule has 0 radical (unpaired) electrons. The summed E-state index contributed by atoms with van der Waals surface area (Å²) in [6, 6.07) is 2.82. The third-order valence-corrected chi connectivity index (χ3v) is 1.98. The number of benzene rings is 1. The summed E-state index contributed by atoms with van der Waals surface area (Å²) in [5, 5.41) is 0. The van der Waals surface area contributed by atoms with Crippen LogP contribution in [0.2, 0.25) is 0 Å². The number of aryl methyl sites for hydroxylation is 1. The Balaban J connectivity index is 3.24. The molecule has 0 spiro atoms. The molecule has 1 aromatic rings. The maximum atomic E-state index is 11.0. The van der Waals surface area contributed by atoms with E-state index in [0.717, 1.165) is 0 Å². The van der Waals surface area contributed by atoms with Crippen LogP contribution in [0.15, 0.2) is 12.1 Å². The summed E-state index contributed by atoms with van der Waals surface area (Å²) in [6.07, 6.45) is 0. The van der Waals surface area contributed by atoms with Crippen LogP contribution in [-0.4, -0.2) is 17.9 Å². The molecule has 0 atom stereocenters. The van der Waals surface area contributed by atoms with Gasteiger partial charge in [-0.3, -0.25) is 14.4 Å². The predicted octanol–water partition coefficient (Wildman–Crippen LogP) is 1.77. The summed E-state index contributed by atoms with van der Waals surface area (Å²) in [5.41, 5.74) is 0.505. The van der Waals surface area contributed by atoms with E-state index in [0.29, 0.717) is 5.56 Å². The summed E-state index contributed by atoms with van der Waals surface area (Å²) >= 11 is 0. The quantitative estimate of drug-likeness (QED) is 0.612. The maximum Gasteiger partial charge on any atom is 0.308 e. The van der Waals surface area contributed by atoms with Crippen molar-refractivity contribution in [3.05, 3.63) is 17.7 Å². The lowest BCUT2D eigenvalue weighted by Gasteiger charge is -2.13. The third kappa shape index (κ3) is 4.42. The Bertz CT molecular complexity index is 532. The summed E-state index contributed by atoms with van der Waals surface area (Å²) in [4.78, 5) is 32.9. The average molecular weight is 266 g/mol. The van der Waals surface area contributed by atoms with E-state index in [1.54, 1.807) is 6.92 Å². The summed E-state index contributed by atoms with van der Waals surface area (Å²) in [5.74, 6) is -1.27. The Morgan fingerprint density at radius 3 is 1.84 bits per heavy atom. The maximum absolute atomic E-state index is 11.0. The molecule has 0 aliphatic rings. The van der Waals surface area contributed by atoms with Gasteiger partial charge in [0.2, 0.25) is 0 Å². The van der Waals surface area contributed by atoms with E-state index in [1.807, 2.05) is 0 Å². The van der Waals surface area contributed by atoms with Crippen LogP contribution >= 0.6 is 0 Å². The highest BCUT2D eigenvalue weighted by Crippen LogP contribution is 2.36. The first kappa shape index (κ1) is 14.7. The summed E-state index contributed by atoms with van der Waals surface area (Å²) in [6.45, 7) is 5.33. The van der Waals surface area contributed by atoms with E-state index in [9.17, 15) is 14.4 Å². The van der Waals surface area contributed by atoms with E-state index >= 15 is 0 Å². The molecule has 0 aromatic heterocycles.